The van der Waals surface area contributed by atoms with E-state index in [-0.39, 0.29) is 11.1 Å². The summed E-state index contributed by atoms with van der Waals surface area (Å²) in [6.45, 7) is 3.45. The Morgan fingerprint density at radius 2 is 2.08 bits per heavy atom. The molecule has 9 nitrogen and oxygen atoms in total. The van der Waals surface area contributed by atoms with Crippen LogP contribution in [0.15, 0.2) is 12.4 Å². The third-order valence-electron chi connectivity index (χ3n) is 3.65. The second-order valence-electron chi connectivity index (χ2n) is 5.76. The monoisotopic (exact) mass is 355 g/mol. The maximum Gasteiger partial charge on any atom is 0.231 e. The number of halogens is 1. The van der Waals surface area contributed by atoms with E-state index in [1.54, 1.807) is 33.3 Å². The van der Waals surface area contributed by atoms with Crippen molar-refractivity contribution in [1.82, 2.24) is 24.7 Å². The Kier molecular flexibility index (Phi) is 3.95. The smallest absolute Gasteiger partial charge is 0.231 e. The van der Waals surface area contributed by atoms with Crippen molar-refractivity contribution in [2.24, 2.45) is 0 Å². The molecular weight excluding hydrogens is 342 g/mol. The van der Waals surface area contributed by atoms with Gasteiger partial charge in [0.1, 0.15) is 23.1 Å². The number of nitrogens with zero attached hydrogens (tertiary/aromatic N) is 6. The Labute approximate surface area is 148 Å². The van der Waals surface area contributed by atoms with Gasteiger partial charge in [-0.05, 0) is 13.8 Å². The number of fused-ring (bicyclic) bond motifs is 1. The lowest BCUT2D eigenvalue weighted by molar-refractivity contribution is 0.419. The van der Waals surface area contributed by atoms with Crippen LogP contribution < -0.4 is 10.6 Å². The number of aromatic amines is 1. The van der Waals surface area contributed by atoms with Gasteiger partial charge >= 0.3 is 0 Å². The number of anilines is 3. The molecule has 0 spiro atoms. The van der Waals surface area contributed by atoms with E-state index in [4.69, 9.17) is 16.9 Å². The van der Waals surface area contributed by atoms with E-state index in [0.717, 1.165) is 0 Å². The molecule has 0 radical (unpaired) electrons. The first kappa shape index (κ1) is 16.6. The van der Waals surface area contributed by atoms with Crippen molar-refractivity contribution in [3.8, 4) is 12.1 Å². The molecule has 0 unspecified atom stereocenters. The zero-order chi connectivity index (χ0) is 18.2. The van der Waals surface area contributed by atoms with Crippen LogP contribution in [0.4, 0.5) is 17.5 Å². The van der Waals surface area contributed by atoms with Crippen molar-refractivity contribution in [3.05, 3.63) is 23.1 Å². The number of rotatable bonds is 4. The summed E-state index contributed by atoms with van der Waals surface area (Å²) >= 11 is 6.15. The molecule has 0 atom stereocenters. The van der Waals surface area contributed by atoms with Gasteiger partial charge in [0.15, 0.2) is 5.15 Å². The van der Waals surface area contributed by atoms with Gasteiger partial charge in [-0.15, -0.1) is 0 Å². The third kappa shape index (κ3) is 2.82. The molecule has 3 aromatic heterocycles. The molecule has 0 bridgehead atoms. The van der Waals surface area contributed by atoms with Gasteiger partial charge < -0.3 is 15.6 Å². The molecular formula is C15H14ClN9. The number of hydrogen-bond acceptors (Lipinski definition) is 7. The fourth-order valence-electron chi connectivity index (χ4n) is 2.25. The lowest BCUT2D eigenvalue weighted by Gasteiger charge is -2.15. The summed E-state index contributed by atoms with van der Waals surface area (Å²) in [7, 11) is 1.71. The fraction of sp³-hybridized carbons (Fsp3) is 0.267. The van der Waals surface area contributed by atoms with E-state index in [9.17, 15) is 5.26 Å². The second-order valence-corrected chi connectivity index (χ2v) is 6.12. The molecule has 0 aliphatic heterocycles. The molecule has 3 aromatic rings. The van der Waals surface area contributed by atoms with Crippen LogP contribution in [0.1, 0.15) is 19.4 Å². The summed E-state index contributed by atoms with van der Waals surface area (Å²) in [6.07, 6.45) is 3.19. The number of H-pyrrole nitrogens is 1. The number of nitriles is 2. The van der Waals surface area contributed by atoms with Crippen molar-refractivity contribution in [2.45, 2.75) is 19.4 Å². The molecule has 0 aliphatic rings. The van der Waals surface area contributed by atoms with E-state index in [0.29, 0.717) is 28.1 Å². The van der Waals surface area contributed by atoms with Crippen molar-refractivity contribution in [2.75, 3.05) is 17.7 Å². The maximum atomic E-state index is 9.21. The largest absolute Gasteiger partial charge is 0.372 e. The summed E-state index contributed by atoms with van der Waals surface area (Å²) in [5.41, 5.74) is 0.594. The molecule has 25 heavy (non-hydrogen) atoms. The number of nitrogens with one attached hydrogen (secondary N) is 3. The van der Waals surface area contributed by atoms with Gasteiger partial charge in [-0.2, -0.15) is 25.6 Å². The highest BCUT2D eigenvalue weighted by Crippen LogP contribution is 2.29. The van der Waals surface area contributed by atoms with Crippen molar-refractivity contribution < 1.29 is 0 Å². The Balaban J connectivity index is 2.02. The minimum absolute atomic E-state index is 0.197. The molecule has 0 aromatic carbocycles. The Morgan fingerprint density at radius 3 is 2.72 bits per heavy atom. The standard InChI is InChI=1S/C15H14ClN9/c1-15(2,7-18)25-6-9(11(16)24-25)21-14-22-12(19-3)10-8(4-17)5-20-13(10)23-14/h5-6H,1-3H3,(H3,19,20,21,22,23). The van der Waals surface area contributed by atoms with Crippen LogP contribution in [-0.2, 0) is 5.54 Å². The van der Waals surface area contributed by atoms with Crippen LogP contribution in [0.5, 0.6) is 0 Å². The van der Waals surface area contributed by atoms with Crippen molar-refractivity contribution in [1.29, 1.82) is 10.5 Å². The molecule has 0 saturated heterocycles. The van der Waals surface area contributed by atoms with Crippen LogP contribution in [0.2, 0.25) is 5.15 Å². The van der Waals surface area contributed by atoms with Gasteiger partial charge in [-0.25, -0.2) is 4.68 Å². The van der Waals surface area contributed by atoms with Gasteiger partial charge in [0, 0.05) is 13.2 Å². The summed E-state index contributed by atoms with van der Waals surface area (Å²) in [5.74, 6) is 0.783. The number of aromatic nitrogens is 5. The van der Waals surface area contributed by atoms with Crippen LogP contribution in [0.3, 0.4) is 0 Å². The molecule has 0 saturated carbocycles. The minimum Gasteiger partial charge on any atom is -0.372 e. The predicted octanol–water partition coefficient (Wildman–Crippen LogP) is 2.72. The lowest BCUT2D eigenvalue weighted by atomic mass is 10.1. The fourth-order valence-corrected chi connectivity index (χ4v) is 2.43. The van der Waals surface area contributed by atoms with E-state index in [1.165, 1.54) is 4.68 Å². The van der Waals surface area contributed by atoms with Crippen LogP contribution in [0.25, 0.3) is 11.0 Å². The third-order valence-corrected chi connectivity index (χ3v) is 3.93. The average molecular weight is 356 g/mol. The average Bonchev–Trinajstić information content (AvgIpc) is 3.18. The second kappa shape index (κ2) is 5.96. The van der Waals surface area contributed by atoms with Gasteiger partial charge in [0.25, 0.3) is 0 Å². The molecule has 0 amide bonds. The van der Waals surface area contributed by atoms with Gasteiger partial charge in [-0.1, -0.05) is 11.6 Å². The Morgan fingerprint density at radius 1 is 1.32 bits per heavy atom. The number of hydrogen-bond donors (Lipinski definition) is 3. The first-order valence-corrected chi connectivity index (χ1v) is 7.68. The van der Waals surface area contributed by atoms with E-state index < -0.39 is 5.54 Å². The zero-order valence-electron chi connectivity index (χ0n) is 13.7. The van der Waals surface area contributed by atoms with Crippen molar-refractivity contribution >= 4 is 40.1 Å². The summed E-state index contributed by atoms with van der Waals surface area (Å²) in [5, 5.41) is 29.3. The Bertz CT molecular complexity index is 1030. The van der Waals surface area contributed by atoms with Gasteiger partial charge in [0.2, 0.25) is 5.95 Å². The normalized spacial score (nSPS) is 11.1. The molecule has 0 aliphatic carbocycles. The molecule has 0 fully saturated rings. The summed E-state index contributed by atoms with van der Waals surface area (Å²) < 4.78 is 1.47. The molecule has 3 heterocycles. The zero-order valence-corrected chi connectivity index (χ0v) is 14.5. The highest BCUT2D eigenvalue weighted by Gasteiger charge is 2.23. The van der Waals surface area contributed by atoms with Gasteiger partial charge in [0.05, 0.1) is 28.9 Å². The van der Waals surface area contributed by atoms with Crippen molar-refractivity contribution in [3.63, 3.8) is 0 Å². The van der Waals surface area contributed by atoms with Crippen LogP contribution in [-0.4, -0.2) is 31.8 Å². The predicted molar refractivity (Wildman–Crippen MR) is 93.6 cm³/mol. The van der Waals surface area contributed by atoms with E-state index in [1.807, 2.05) is 0 Å². The van der Waals surface area contributed by atoms with Crippen LogP contribution in [0, 0.1) is 22.7 Å². The quantitative estimate of drug-likeness (QED) is 0.655. The Hall–Kier alpha value is -3.30. The summed E-state index contributed by atoms with van der Waals surface area (Å²) in [4.78, 5) is 11.7. The SMILES string of the molecule is CNc1nc(Nc2cn(C(C)(C)C#N)nc2Cl)nc2[nH]cc(C#N)c12. The highest BCUT2D eigenvalue weighted by molar-refractivity contribution is 6.32. The highest BCUT2D eigenvalue weighted by atomic mass is 35.5. The van der Waals surface area contributed by atoms with E-state index >= 15 is 0 Å². The van der Waals surface area contributed by atoms with E-state index in [2.05, 4.69) is 42.8 Å². The van der Waals surface area contributed by atoms with Crippen LogP contribution >= 0.6 is 11.6 Å². The first-order chi connectivity index (χ1) is 11.9. The maximum absolute atomic E-state index is 9.21. The topological polar surface area (TPSA) is 131 Å². The lowest BCUT2D eigenvalue weighted by Crippen LogP contribution is -2.24. The molecule has 10 heteroatoms. The summed E-state index contributed by atoms with van der Waals surface area (Å²) in [6, 6.07) is 4.24. The minimum atomic E-state index is -0.842. The molecule has 126 valence electrons. The first-order valence-electron chi connectivity index (χ1n) is 7.30. The molecule has 3 N–H and O–H groups in total. The van der Waals surface area contributed by atoms with Gasteiger partial charge in [-0.3, -0.25) is 0 Å². The molecule has 3 rings (SSSR count).